The van der Waals surface area contributed by atoms with Gasteiger partial charge in [0.2, 0.25) is 0 Å². The van der Waals surface area contributed by atoms with E-state index >= 15 is 0 Å². The second kappa shape index (κ2) is 4.75. The van der Waals surface area contributed by atoms with Crippen molar-refractivity contribution < 1.29 is 0 Å². The minimum Gasteiger partial charge on any atom is -0.0617 e. The van der Waals surface area contributed by atoms with E-state index in [1.165, 1.54) is 27.8 Å². The fourth-order valence-corrected chi connectivity index (χ4v) is 2.39. The molecule has 0 N–H and O–H groups in total. The Morgan fingerprint density at radius 1 is 0.706 bits per heavy atom. The lowest BCUT2D eigenvalue weighted by Crippen LogP contribution is -1.97. The van der Waals surface area contributed by atoms with Crippen molar-refractivity contribution in [2.45, 2.75) is 33.6 Å². The average molecular weight is 224 g/mol. The second-order valence-corrected chi connectivity index (χ2v) is 5.06. The van der Waals surface area contributed by atoms with Gasteiger partial charge in [0.15, 0.2) is 0 Å². The van der Waals surface area contributed by atoms with Crippen LogP contribution >= 0.6 is 0 Å². The number of hydrogen-bond acceptors (Lipinski definition) is 0. The SMILES string of the molecule is Cc1cccc(C(C)c2cc(C)cc(C)c2)c1. The zero-order valence-corrected chi connectivity index (χ0v) is 11.1. The van der Waals surface area contributed by atoms with Crippen LogP contribution in [0.25, 0.3) is 0 Å². The smallest absolute Gasteiger partial charge is 0.00613 e. The van der Waals surface area contributed by atoms with Gasteiger partial charge in [0.05, 0.1) is 0 Å². The van der Waals surface area contributed by atoms with Crippen molar-refractivity contribution in [2.24, 2.45) is 0 Å². The first-order valence-electron chi connectivity index (χ1n) is 6.21. The largest absolute Gasteiger partial charge is 0.0617 e. The van der Waals surface area contributed by atoms with Gasteiger partial charge in [-0.3, -0.25) is 0 Å². The molecule has 0 nitrogen and oxygen atoms in total. The summed E-state index contributed by atoms with van der Waals surface area (Å²) >= 11 is 0. The normalized spacial score (nSPS) is 12.5. The maximum Gasteiger partial charge on any atom is 0.00613 e. The van der Waals surface area contributed by atoms with Crippen molar-refractivity contribution in [1.29, 1.82) is 0 Å². The minimum absolute atomic E-state index is 0.466. The zero-order valence-electron chi connectivity index (χ0n) is 11.1. The molecule has 2 rings (SSSR count). The van der Waals surface area contributed by atoms with Gasteiger partial charge in [-0.15, -0.1) is 0 Å². The summed E-state index contributed by atoms with van der Waals surface area (Å²) in [6.07, 6.45) is 0. The van der Waals surface area contributed by atoms with Crippen molar-refractivity contribution in [2.75, 3.05) is 0 Å². The molecule has 0 aliphatic heterocycles. The van der Waals surface area contributed by atoms with Crippen molar-refractivity contribution in [1.82, 2.24) is 0 Å². The van der Waals surface area contributed by atoms with E-state index in [1.54, 1.807) is 0 Å². The van der Waals surface area contributed by atoms with Crippen LogP contribution in [0.1, 0.15) is 40.7 Å². The Hall–Kier alpha value is -1.56. The molecular weight excluding hydrogens is 204 g/mol. The van der Waals surface area contributed by atoms with Gasteiger partial charge in [0.25, 0.3) is 0 Å². The van der Waals surface area contributed by atoms with Gasteiger partial charge in [-0.1, -0.05) is 66.1 Å². The van der Waals surface area contributed by atoms with Gasteiger partial charge < -0.3 is 0 Å². The molecule has 0 fully saturated rings. The maximum absolute atomic E-state index is 2.29. The molecule has 0 aromatic heterocycles. The van der Waals surface area contributed by atoms with Gasteiger partial charge in [-0.05, 0) is 31.9 Å². The van der Waals surface area contributed by atoms with Crippen LogP contribution in [0, 0.1) is 20.8 Å². The summed E-state index contributed by atoms with van der Waals surface area (Å²) in [6, 6.07) is 15.6. The van der Waals surface area contributed by atoms with Gasteiger partial charge in [-0.2, -0.15) is 0 Å². The van der Waals surface area contributed by atoms with Crippen LogP contribution in [0.4, 0.5) is 0 Å². The van der Waals surface area contributed by atoms with Crippen LogP contribution in [0.3, 0.4) is 0 Å². The van der Waals surface area contributed by atoms with E-state index in [-0.39, 0.29) is 0 Å². The molecule has 0 bridgehead atoms. The monoisotopic (exact) mass is 224 g/mol. The Kier molecular flexibility index (Phi) is 3.33. The first-order chi connectivity index (χ1) is 8.06. The number of hydrogen-bond donors (Lipinski definition) is 0. The molecule has 0 aliphatic rings. The first kappa shape index (κ1) is 11.9. The third-order valence-corrected chi connectivity index (χ3v) is 3.29. The summed E-state index contributed by atoms with van der Waals surface area (Å²) in [6.45, 7) is 8.76. The van der Waals surface area contributed by atoms with Gasteiger partial charge >= 0.3 is 0 Å². The van der Waals surface area contributed by atoms with E-state index in [4.69, 9.17) is 0 Å². The van der Waals surface area contributed by atoms with Crippen LogP contribution in [0.2, 0.25) is 0 Å². The van der Waals surface area contributed by atoms with Crippen LogP contribution in [0.15, 0.2) is 42.5 Å². The average Bonchev–Trinajstić information content (AvgIpc) is 2.26. The predicted octanol–water partition coefficient (Wildman–Crippen LogP) is 4.76. The summed E-state index contributed by atoms with van der Waals surface area (Å²) in [5.41, 5.74) is 6.83. The van der Waals surface area contributed by atoms with Crippen molar-refractivity contribution >= 4 is 0 Å². The summed E-state index contributed by atoms with van der Waals surface area (Å²) in [4.78, 5) is 0. The molecule has 0 radical (unpaired) electrons. The fraction of sp³-hybridized carbons (Fsp3) is 0.294. The minimum atomic E-state index is 0.466. The van der Waals surface area contributed by atoms with Crippen LogP contribution in [-0.4, -0.2) is 0 Å². The van der Waals surface area contributed by atoms with Gasteiger partial charge in [-0.25, -0.2) is 0 Å². The number of aryl methyl sites for hydroxylation is 3. The molecule has 0 saturated heterocycles. The predicted molar refractivity (Wildman–Crippen MR) is 74.6 cm³/mol. The highest BCUT2D eigenvalue weighted by molar-refractivity contribution is 5.37. The summed E-state index contributed by atoms with van der Waals surface area (Å²) < 4.78 is 0. The summed E-state index contributed by atoms with van der Waals surface area (Å²) in [5, 5.41) is 0. The van der Waals surface area contributed by atoms with Crippen molar-refractivity contribution in [3.8, 4) is 0 Å². The van der Waals surface area contributed by atoms with Crippen LogP contribution in [0.5, 0.6) is 0 Å². The molecular formula is C17H20. The highest BCUT2D eigenvalue weighted by atomic mass is 14.1. The Morgan fingerprint density at radius 2 is 1.29 bits per heavy atom. The lowest BCUT2D eigenvalue weighted by atomic mass is 9.90. The lowest BCUT2D eigenvalue weighted by molar-refractivity contribution is 0.915. The number of rotatable bonds is 2. The molecule has 1 atom stereocenters. The molecule has 2 aromatic rings. The van der Waals surface area contributed by atoms with E-state index in [0.29, 0.717) is 5.92 Å². The molecule has 0 amide bonds. The third-order valence-electron chi connectivity index (χ3n) is 3.29. The highest BCUT2D eigenvalue weighted by Crippen LogP contribution is 2.26. The molecule has 0 aliphatic carbocycles. The van der Waals surface area contributed by atoms with Crippen molar-refractivity contribution in [3.05, 3.63) is 70.3 Å². The summed E-state index contributed by atoms with van der Waals surface area (Å²) in [7, 11) is 0. The topological polar surface area (TPSA) is 0 Å². The molecule has 0 saturated carbocycles. The Labute approximate surface area is 104 Å². The van der Waals surface area contributed by atoms with Crippen molar-refractivity contribution in [3.63, 3.8) is 0 Å². The Morgan fingerprint density at radius 3 is 1.88 bits per heavy atom. The first-order valence-corrected chi connectivity index (χ1v) is 6.21. The van der Waals surface area contributed by atoms with Crippen LogP contribution < -0.4 is 0 Å². The zero-order chi connectivity index (χ0) is 12.4. The van der Waals surface area contributed by atoms with E-state index in [1.807, 2.05) is 0 Å². The van der Waals surface area contributed by atoms with Crippen LogP contribution in [-0.2, 0) is 0 Å². The maximum atomic E-state index is 2.29. The van der Waals surface area contributed by atoms with E-state index in [2.05, 4.69) is 70.2 Å². The van der Waals surface area contributed by atoms with E-state index in [9.17, 15) is 0 Å². The quantitative estimate of drug-likeness (QED) is 0.689. The standard InChI is InChI=1S/C17H20/c1-12-6-5-7-16(9-12)15(4)17-10-13(2)8-14(3)11-17/h5-11,15H,1-4H3. The second-order valence-electron chi connectivity index (χ2n) is 5.06. The third kappa shape index (κ3) is 2.76. The highest BCUT2D eigenvalue weighted by Gasteiger charge is 2.09. The van der Waals surface area contributed by atoms with E-state index in [0.717, 1.165) is 0 Å². The Balaban J connectivity index is 2.39. The molecule has 17 heavy (non-hydrogen) atoms. The summed E-state index contributed by atoms with van der Waals surface area (Å²) in [5.74, 6) is 0.466. The molecule has 0 heteroatoms. The number of benzene rings is 2. The van der Waals surface area contributed by atoms with Gasteiger partial charge in [0, 0.05) is 5.92 Å². The van der Waals surface area contributed by atoms with E-state index < -0.39 is 0 Å². The van der Waals surface area contributed by atoms with Gasteiger partial charge in [0.1, 0.15) is 0 Å². The molecule has 1 unspecified atom stereocenters. The molecule has 0 heterocycles. The molecule has 88 valence electrons. The Bertz CT molecular complexity index is 503. The molecule has 0 spiro atoms. The fourth-order valence-electron chi connectivity index (χ4n) is 2.39. The lowest BCUT2D eigenvalue weighted by Gasteiger charge is -2.14. The molecule has 2 aromatic carbocycles.